The number of hydrogen-bond acceptors (Lipinski definition) is 3. The maximum Gasteiger partial charge on any atom is 0.241 e. The molecule has 3 unspecified atom stereocenters. The summed E-state index contributed by atoms with van der Waals surface area (Å²) < 4.78 is 0. The van der Waals surface area contributed by atoms with Crippen molar-refractivity contribution in [3.05, 3.63) is 0 Å². The molecule has 0 saturated carbocycles. The van der Waals surface area contributed by atoms with Crippen LogP contribution in [0, 0.1) is 5.92 Å². The van der Waals surface area contributed by atoms with Crippen molar-refractivity contribution in [2.45, 2.75) is 65.2 Å². The number of nitrogens with one attached hydrogen (secondary N) is 1. The highest BCUT2D eigenvalue weighted by Gasteiger charge is 2.40. The molecule has 1 N–H and O–H groups in total. The van der Waals surface area contributed by atoms with Gasteiger partial charge in [-0.3, -0.25) is 10.1 Å². The standard InChI is InChI=1S/C15H31N3O/c1-7-14-16-13(10-11(2)3)15(19)18(14)12(4)8-9-17(5)6/h11-14,16H,7-10H2,1-6H3. The van der Waals surface area contributed by atoms with E-state index in [1.165, 1.54) is 0 Å². The van der Waals surface area contributed by atoms with Crippen LogP contribution in [0.5, 0.6) is 0 Å². The molecule has 1 fully saturated rings. The molecule has 4 heteroatoms. The van der Waals surface area contributed by atoms with Crippen LogP contribution in [0.1, 0.15) is 47.0 Å². The molecule has 112 valence electrons. The van der Waals surface area contributed by atoms with Crippen molar-refractivity contribution in [1.29, 1.82) is 0 Å². The fraction of sp³-hybridized carbons (Fsp3) is 0.933. The molecule has 1 aliphatic heterocycles. The molecule has 3 atom stereocenters. The van der Waals surface area contributed by atoms with Gasteiger partial charge in [-0.2, -0.15) is 0 Å². The molecule has 0 radical (unpaired) electrons. The molecule has 1 rings (SSSR count). The third-order valence-electron chi connectivity index (χ3n) is 3.84. The van der Waals surface area contributed by atoms with E-state index in [1.54, 1.807) is 0 Å². The first kappa shape index (κ1) is 16.4. The number of carbonyl (C=O) groups excluding carboxylic acids is 1. The normalized spacial score (nSPS) is 25.7. The van der Waals surface area contributed by atoms with Crippen molar-refractivity contribution in [2.24, 2.45) is 5.92 Å². The zero-order valence-electron chi connectivity index (χ0n) is 13.4. The van der Waals surface area contributed by atoms with E-state index in [2.05, 4.69) is 56.9 Å². The summed E-state index contributed by atoms with van der Waals surface area (Å²) in [6.07, 6.45) is 3.16. The topological polar surface area (TPSA) is 35.6 Å². The first-order valence-corrected chi connectivity index (χ1v) is 7.59. The zero-order chi connectivity index (χ0) is 14.6. The smallest absolute Gasteiger partial charge is 0.241 e. The molecule has 19 heavy (non-hydrogen) atoms. The minimum absolute atomic E-state index is 0.0201. The SMILES string of the molecule is CCC1NC(CC(C)C)C(=O)N1C(C)CCN(C)C. The lowest BCUT2D eigenvalue weighted by Gasteiger charge is -2.30. The summed E-state index contributed by atoms with van der Waals surface area (Å²) in [6, 6.07) is 0.330. The van der Waals surface area contributed by atoms with Crippen LogP contribution < -0.4 is 5.32 Å². The summed E-state index contributed by atoms with van der Waals surface area (Å²) in [4.78, 5) is 16.8. The van der Waals surface area contributed by atoms with Gasteiger partial charge in [-0.25, -0.2) is 0 Å². The Bertz CT molecular complexity index is 291. The van der Waals surface area contributed by atoms with Crippen LogP contribution in [-0.2, 0) is 4.79 Å². The van der Waals surface area contributed by atoms with E-state index in [1.807, 2.05) is 0 Å². The van der Waals surface area contributed by atoms with Crippen molar-refractivity contribution in [3.63, 3.8) is 0 Å². The third-order valence-corrected chi connectivity index (χ3v) is 3.84. The van der Waals surface area contributed by atoms with E-state index < -0.39 is 0 Å². The van der Waals surface area contributed by atoms with Gasteiger partial charge < -0.3 is 9.80 Å². The van der Waals surface area contributed by atoms with Crippen molar-refractivity contribution in [1.82, 2.24) is 15.1 Å². The van der Waals surface area contributed by atoms with Gasteiger partial charge in [-0.05, 0) is 52.7 Å². The van der Waals surface area contributed by atoms with Crippen molar-refractivity contribution >= 4 is 5.91 Å². The van der Waals surface area contributed by atoms with Gasteiger partial charge in [-0.1, -0.05) is 20.8 Å². The average Bonchev–Trinajstić information content (AvgIpc) is 2.62. The maximum atomic E-state index is 12.5. The average molecular weight is 269 g/mol. The fourth-order valence-electron chi connectivity index (χ4n) is 2.78. The summed E-state index contributed by atoms with van der Waals surface area (Å²) in [6.45, 7) is 9.69. The van der Waals surface area contributed by atoms with Gasteiger partial charge in [0.25, 0.3) is 0 Å². The summed E-state index contributed by atoms with van der Waals surface area (Å²) in [5.41, 5.74) is 0. The molecule has 0 aromatic carbocycles. The number of rotatable bonds is 7. The number of amides is 1. The predicted molar refractivity (Wildman–Crippen MR) is 79.9 cm³/mol. The minimum Gasteiger partial charge on any atom is -0.323 e. The molecule has 0 bridgehead atoms. The van der Waals surface area contributed by atoms with E-state index in [0.29, 0.717) is 17.9 Å². The Morgan fingerprint density at radius 1 is 1.32 bits per heavy atom. The van der Waals surface area contributed by atoms with Crippen LogP contribution in [0.3, 0.4) is 0 Å². The van der Waals surface area contributed by atoms with Gasteiger partial charge in [0.1, 0.15) is 0 Å². The van der Waals surface area contributed by atoms with Gasteiger partial charge >= 0.3 is 0 Å². The number of hydrogen-bond donors (Lipinski definition) is 1. The first-order chi connectivity index (χ1) is 8.86. The lowest BCUT2D eigenvalue weighted by atomic mass is 10.0. The van der Waals surface area contributed by atoms with Crippen LogP contribution in [0.15, 0.2) is 0 Å². The van der Waals surface area contributed by atoms with Gasteiger partial charge in [0.05, 0.1) is 12.2 Å². The van der Waals surface area contributed by atoms with Crippen molar-refractivity contribution in [3.8, 4) is 0 Å². The Balaban J connectivity index is 2.66. The van der Waals surface area contributed by atoms with Crippen molar-refractivity contribution in [2.75, 3.05) is 20.6 Å². The molecule has 0 aromatic rings. The Labute approximate surface area is 118 Å². The molecule has 1 saturated heterocycles. The van der Waals surface area contributed by atoms with Crippen LogP contribution in [-0.4, -0.2) is 54.6 Å². The Kier molecular flexibility index (Phi) is 6.27. The molecule has 4 nitrogen and oxygen atoms in total. The molecule has 0 aliphatic carbocycles. The summed E-state index contributed by atoms with van der Waals surface area (Å²) in [5.74, 6) is 0.850. The van der Waals surface area contributed by atoms with E-state index >= 15 is 0 Å². The zero-order valence-corrected chi connectivity index (χ0v) is 13.4. The lowest BCUT2D eigenvalue weighted by molar-refractivity contribution is -0.132. The molecular formula is C15H31N3O. The monoisotopic (exact) mass is 269 g/mol. The molecule has 0 spiro atoms. The largest absolute Gasteiger partial charge is 0.323 e. The highest BCUT2D eigenvalue weighted by atomic mass is 16.2. The lowest BCUT2D eigenvalue weighted by Crippen LogP contribution is -2.44. The summed E-state index contributed by atoms with van der Waals surface area (Å²) in [5, 5.41) is 3.50. The van der Waals surface area contributed by atoms with E-state index in [-0.39, 0.29) is 12.2 Å². The third kappa shape index (κ3) is 4.46. The van der Waals surface area contributed by atoms with Gasteiger partial charge in [0.2, 0.25) is 5.91 Å². The van der Waals surface area contributed by atoms with Crippen molar-refractivity contribution < 1.29 is 4.79 Å². The minimum atomic E-state index is 0.0201. The molecule has 1 amide bonds. The van der Waals surface area contributed by atoms with E-state index in [0.717, 1.165) is 25.8 Å². The quantitative estimate of drug-likeness (QED) is 0.767. The second-order valence-electron chi connectivity index (χ2n) is 6.46. The first-order valence-electron chi connectivity index (χ1n) is 7.59. The van der Waals surface area contributed by atoms with Gasteiger partial charge in [0, 0.05) is 6.04 Å². The van der Waals surface area contributed by atoms with Gasteiger partial charge in [-0.15, -0.1) is 0 Å². The van der Waals surface area contributed by atoms with Crippen LogP contribution in [0.25, 0.3) is 0 Å². The molecule has 1 heterocycles. The second-order valence-corrected chi connectivity index (χ2v) is 6.46. The predicted octanol–water partition coefficient (Wildman–Crippen LogP) is 1.91. The molecule has 0 aromatic heterocycles. The number of carbonyl (C=O) groups is 1. The molecule has 1 aliphatic rings. The van der Waals surface area contributed by atoms with Gasteiger partial charge in [0.15, 0.2) is 0 Å². The van der Waals surface area contributed by atoms with E-state index in [9.17, 15) is 4.79 Å². The van der Waals surface area contributed by atoms with E-state index in [4.69, 9.17) is 0 Å². The fourth-order valence-corrected chi connectivity index (χ4v) is 2.78. The summed E-state index contributed by atoms with van der Waals surface area (Å²) >= 11 is 0. The Morgan fingerprint density at radius 2 is 1.95 bits per heavy atom. The highest BCUT2D eigenvalue weighted by molar-refractivity contribution is 5.84. The van der Waals surface area contributed by atoms with Crippen LogP contribution in [0.2, 0.25) is 0 Å². The van der Waals surface area contributed by atoms with Crippen LogP contribution >= 0.6 is 0 Å². The number of nitrogens with zero attached hydrogens (tertiary/aromatic N) is 2. The van der Waals surface area contributed by atoms with Crippen LogP contribution in [0.4, 0.5) is 0 Å². The Hall–Kier alpha value is -0.610. The highest BCUT2D eigenvalue weighted by Crippen LogP contribution is 2.22. The summed E-state index contributed by atoms with van der Waals surface area (Å²) in [7, 11) is 4.16. The Morgan fingerprint density at radius 3 is 2.42 bits per heavy atom. The molecular weight excluding hydrogens is 238 g/mol. The maximum absolute atomic E-state index is 12.5. The second kappa shape index (κ2) is 7.25.